The molecule has 1 aromatic rings. The van der Waals surface area contributed by atoms with Crippen molar-refractivity contribution in [3.05, 3.63) is 11.6 Å². The first-order valence-corrected chi connectivity index (χ1v) is 5.94. The van der Waals surface area contributed by atoms with Gasteiger partial charge in [-0.2, -0.15) is 0 Å². The van der Waals surface area contributed by atoms with E-state index in [1.165, 1.54) is 37.3 Å². The van der Waals surface area contributed by atoms with Crippen LogP contribution in [0.25, 0.3) is 0 Å². The molecule has 1 fully saturated rings. The van der Waals surface area contributed by atoms with Crippen molar-refractivity contribution in [2.75, 3.05) is 6.54 Å². The van der Waals surface area contributed by atoms with E-state index >= 15 is 0 Å². The predicted octanol–water partition coefficient (Wildman–Crippen LogP) is 0.896. The Labute approximate surface area is 89.9 Å². The van der Waals surface area contributed by atoms with Gasteiger partial charge in [-0.1, -0.05) is 6.42 Å². The monoisotopic (exact) mass is 206 g/mol. The van der Waals surface area contributed by atoms with E-state index in [1.807, 2.05) is 0 Å². The molecular formula is C11H18N4. The maximum absolute atomic E-state index is 5.87. The van der Waals surface area contributed by atoms with E-state index < -0.39 is 0 Å². The molecule has 0 atom stereocenters. The molecule has 0 unspecified atom stereocenters. The SMILES string of the molecule is NCC1(Cc2nnc3n2CCC3)CCC1. The van der Waals surface area contributed by atoms with Gasteiger partial charge in [0.25, 0.3) is 0 Å². The van der Waals surface area contributed by atoms with Gasteiger partial charge in [0, 0.05) is 19.4 Å². The van der Waals surface area contributed by atoms with Crippen LogP contribution in [0, 0.1) is 5.41 Å². The van der Waals surface area contributed by atoms with E-state index in [4.69, 9.17) is 5.73 Å². The van der Waals surface area contributed by atoms with E-state index in [-0.39, 0.29) is 0 Å². The molecule has 1 aliphatic heterocycles. The lowest BCUT2D eigenvalue weighted by Crippen LogP contribution is -2.39. The minimum atomic E-state index is 0.354. The molecule has 0 amide bonds. The molecule has 0 radical (unpaired) electrons. The second kappa shape index (κ2) is 3.30. The quantitative estimate of drug-likeness (QED) is 0.799. The zero-order valence-electron chi connectivity index (χ0n) is 9.08. The second-order valence-corrected chi connectivity index (χ2v) is 5.02. The summed E-state index contributed by atoms with van der Waals surface area (Å²) in [7, 11) is 0. The summed E-state index contributed by atoms with van der Waals surface area (Å²) >= 11 is 0. The first kappa shape index (κ1) is 9.33. The number of aromatic nitrogens is 3. The van der Waals surface area contributed by atoms with E-state index in [0.29, 0.717) is 5.41 Å². The minimum Gasteiger partial charge on any atom is -0.330 e. The lowest BCUT2D eigenvalue weighted by molar-refractivity contribution is 0.140. The molecule has 0 aromatic carbocycles. The third kappa shape index (κ3) is 1.39. The third-order valence-electron chi connectivity index (χ3n) is 4.07. The normalized spacial score (nSPS) is 22.5. The number of fused-ring (bicyclic) bond motifs is 1. The van der Waals surface area contributed by atoms with Gasteiger partial charge in [-0.25, -0.2) is 0 Å². The Morgan fingerprint density at radius 2 is 2.13 bits per heavy atom. The first-order chi connectivity index (χ1) is 7.33. The smallest absolute Gasteiger partial charge is 0.133 e. The van der Waals surface area contributed by atoms with Gasteiger partial charge >= 0.3 is 0 Å². The van der Waals surface area contributed by atoms with Gasteiger partial charge in [-0.3, -0.25) is 0 Å². The molecular weight excluding hydrogens is 188 g/mol. The average molecular weight is 206 g/mol. The summed E-state index contributed by atoms with van der Waals surface area (Å²) in [6, 6.07) is 0. The van der Waals surface area contributed by atoms with Crippen molar-refractivity contribution in [2.24, 2.45) is 11.1 Å². The lowest BCUT2D eigenvalue weighted by atomic mass is 9.66. The Bertz CT molecular complexity index is 359. The highest BCUT2D eigenvalue weighted by Gasteiger charge is 2.37. The van der Waals surface area contributed by atoms with Crippen molar-refractivity contribution >= 4 is 0 Å². The van der Waals surface area contributed by atoms with Crippen LogP contribution in [0.15, 0.2) is 0 Å². The number of nitrogens with zero attached hydrogens (tertiary/aromatic N) is 3. The topological polar surface area (TPSA) is 56.7 Å². The van der Waals surface area contributed by atoms with Crippen LogP contribution in [0.4, 0.5) is 0 Å². The van der Waals surface area contributed by atoms with Gasteiger partial charge in [0.1, 0.15) is 11.6 Å². The minimum absolute atomic E-state index is 0.354. The van der Waals surface area contributed by atoms with Crippen molar-refractivity contribution in [1.82, 2.24) is 14.8 Å². The molecule has 82 valence electrons. The van der Waals surface area contributed by atoms with Crippen LogP contribution < -0.4 is 5.73 Å². The summed E-state index contributed by atoms with van der Waals surface area (Å²) in [6.45, 7) is 1.91. The summed E-state index contributed by atoms with van der Waals surface area (Å²) in [5.41, 5.74) is 6.23. The van der Waals surface area contributed by atoms with Crippen LogP contribution in [0.5, 0.6) is 0 Å². The number of rotatable bonds is 3. The molecule has 0 bridgehead atoms. The molecule has 0 saturated heterocycles. The van der Waals surface area contributed by atoms with Crippen molar-refractivity contribution in [3.8, 4) is 0 Å². The van der Waals surface area contributed by atoms with Crippen LogP contribution in [-0.4, -0.2) is 21.3 Å². The van der Waals surface area contributed by atoms with Crippen molar-refractivity contribution in [3.63, 3.8) is 0 Å². The lowest BCUT2D eigenvalue weighted by Gasteiger charge is -2.40. The molecule has 4 nitrogen and oxygen atoms in total. The molecule has 2 aliphatic rings. The molecule has 1 saturated carbocycles. The fourth-order valence-corrected chi connectivity index (χ4v) is 2.81. The van der Waals surface area contributed by atoms with Gasteiger partial charge in [-0.15, -0.1) is 10.2 Å². The highest BCUT2D eigenvalue weighted by Crippen LogP contribution is 2.42. The standard InChI is InChI=1S/C11H18N4/c12-8-11(4-2-5-11)7-10-14-13-9-3-1-6-15(9)10/h1-8,12H2. The van der Waals surface area contributed by atoms with Crippen molar-refractivity contribution in [2.45, 2.75) is 45.1 Å². The van der Waals surface area contributed by atoms with Gasteiger partial charge in [-0.05, 0) is 31.2 Å². The highest BCUT2D eigenvalue weighted by molar-refractivity contribution is 5.05. The summed E-state index contributed by atoms with van der Waals surface area (Å²) in [4.78, 5) is 0. The molecule has 4 heteroatoms. The number of nitrogens with two attached hydrogens (primary N) is 1. The Hall–Kier alpha value is -0.900. The maximum atomic E-state index is 5.87. The number of hydrogen-bond donors (Lipinski definition) is 1. The van der Waals surface area contributed by atoms with Gasteiger partial charge in [0.2, 0.25) is 0 Å². The molecule has 1 aliphatic carbocycles. The largest absolute Gasteiger partial charge is 0.330 e. The fourth-order valence-electron chi connectivity index (χ4n) is 2.81. The Morgan fingerprint density at radius 1 is 1.27 bits per heavy atom. The molecule has 2 heterocycles. The van der Waals surface area contributed by atoms with Crippen molar-refractivity contribution in [1.29, 1.82) is 0 Å². The summed E-state index contributed by atoms with van der Waals surface area (Å²) in [5.74, 6) is 2.35. The summed E-state index contributed by atoms with van der Waals surface area (Å²) in [6.07, 6.45) is 7.24. The fraction of sp³-hybridized carbons (Fsp3) is 0.818. The zero-order valence-corrected chi connectivity index (χ0v) is 9.08. The summed E-state index contributed by atoms with van der Waals surface area (Å²) in [5, 5.41) is 8.56. The van der Waals surface area contributed by atoms with Crippen LogP contribution in [0.1, 0.15) is 37.3 Å². The van der Waals surface area contributed by atoms with E-state index in [9.17, 15) is 0 Å². The third-order valence-corrected chi connectivity index (χ3v) is 4.07. The highest BCUT2D eigenvalue weighted by atomic mass is 15.3. The van der Waals surface area contributed by atoms with Crippen LogP contribution >= 0.6 is 0 Å². The molecule has 15 heavy (non-hydrogen) atoms. The first-order valence-electron chi connectivity index (χ1n) is 5.94. The molecule has 1 aromatic heterocycles. The molecule has 0 spiro atoms. The Balaban J connectivity index is 1.82. The second-order valence-electron chi connectivity index (χ2n) is 5.02. The van der Waals surface area contributed by atoms with Crippen LogP contribution in [0.2, 0.25) is 0 Å². The Kier molecular flexibility index (Phi) is 2.06. The summed E-state index contributed by atoms with van der Waals surface area (Å²) < 4.78 is 2.30. The number of aryl methyl sites for hydroxylation is 1. The van der Waals surface area contributed by atoms with Gasteiger partial charge in [0.15, 0.2) is 0 Å². The predicted molar refractivity (Wildman–Crippen MR) is 57.4 cm³/mol. The van der Waals surface area contributed by atoms with Gasteiger partial charge in [0.05, 0.1) is 0 Å². The van der Waals surface area contributed by atoms with E-state index in [1.54, 1.807) is 0 Å². The van der Waals surface area contributed by atoms with Crippen molar-refractivity contribution < 1.29 is 0 Å². The van der Waals surface area contributed by atoms with E-state index in [2.05, 4.69) is 14.8 Å². The Morgan fingerprint density at radius 3 is 2.80 bits per heavy atom. The molecule has 2 N–H and O–H groups in total. The maximum Gasteiger partial charge on any atom is 0.133 e. The van der Waals surface area contributed by atoms with Crippen LogP contribution in [-0.2, 0) is 19.4 Å². The number of hydrogen-bond acceptors (Lipinski definition) is 3. The molecule has 3 rings (SSSR count). The zero-order chi connectivity index (χ0) is 10.3. The van der Waals surface area contributed by atoms with Crippen LogP contribution in [0.3, 0.4) is 0 Å². The average Bonchev–Trinajstić information content (AvgIpc) is 2.74. The van der Waals surface area contributed by atoms with E-state index in [0.717, 1.165) is 25.9 Å². The van der Waals surface area contributed by atoms with Gasteiger partial charge < -0.3 is 10.3 Å².